The predicted octanol–water partition coefficient (Wildman–Crippen LogP) is -0.671. The molecule has 0 amide bonds. The summed E-state index contributed by atoms with van der Waals surface area (Å²) in [7, 11) is 0. The topological polar surface area (TPSA) is 69.9 Å². The minimum atomic E-state index is -0.964. The van der Waals surface area contributed by atoms with Crippen molar-refractivity contribution < 1.29 is 20.1 Å². The fourth-order valence-corrected chi connectivity index (χ4v) is 1.50. The highest BCUT2D eigenvalue weighted by atomic mass is 16.6. The van der Waals surface area contributed by atoms with Crippen LogP contribution in [0.2, 0.25) is 0 Å². The summed E-state index contributed by atoms with van der Waals surface area (Å²) in [6, 6.07) is 0. The Morgan fingerprint density at radius 1 is 1.17 bits per heavy atom. The van der Waals surface area contributed by atoms with Gasteiger partial charge in [-0.15, -0.1) is 0 Å². The summed E-state index contributed by atoms with van der Waals surface area (Å²) in [6.45, 7) is 3.36. The van der Waals surface area contributed by atoms with Crippen molar-refractivity contribution in [3.05, 3.63) is 0 Å². The second-order valence-electron chi connectivity index (χ2n) is 3.46. The lowest BCUT2D eigenvalue weighted by Crippen LogP contribution is -2.50. The molecular formula is C8H16O4. The van der Waals surface area contributed by atoms with Gasteiger partial charge in [0.1, 0.15) is 0 Å². The van der Waals surface area contributed by atoms with E-state index in [9.17, 15) is 10.2 Å². The summed E-state index contributed by atoms with van der Waals surface area (Å²) in [5.74, 6) is -0.420. The molecule has 0 spiro atoms. The molecule has 0 aliphatic carbocycles. The van der Waals surface area contributed by atoms with Crippen LogP contribution in [0.1, 0.15) is 13.8 Å². The van der Waals surface area contributed by atoms with Gasteiger partial charge in [0.2, 0.25) is 0 Å². The van der Waals surface area contributed by atoms with Crippen molar-refractivity contribution >= 4 is 0 Å². The molecule has 1 aliphatic heterocycles. The van der Waals surface area contributed by atoms with E-state index in [1.54, 1.807) is 13.8 Å². The van der Waals surface area contributed by atoms with Gasteiger partial charge >= 0.3 is 0 Å². The Bertz CT molecular complexity index is 145. The third-order valence-corrected chi connectivity index (χ3v) is 2.61. The van der Waals surface area contributed by atoms with Crippen molar-refractivity contribution in [1.82, 2.24) is 0 Å². The van der Waals surface area contributed by atoms with Crippen LogP contribution in [0.15, 0.2) is 0 Å². The van der Waals surface area contributed by atoms with Crippen LogP contribution in [0.3, 0.4) is 0 Å². The van der Waals surface area contributed by atoms with Crippen LogP contribution in [0.5, 0.6) is 0 Å². The molecule has 3 N–H and O–H groups in total. The zero-order valence-corrected chi connectivity index (χ0v) is 7.34. The summed E-state index contributed by atoms with van der Waals surface area (Å²) in [6.07, 6.45) is -2.02. The highest BCUT2D eigenvalue weighted by molar-refractivity contribution is 4.83. The summed E-state index contributed by atoms with van der Waals surface area (Å²) in [4.78, 5) is 0. The third-order valence-electron chi connectivity index (χ3n) is 2.61. The SMILES string of the molecule is C[C@H]1[C@H](O)[C@H](C)[C@H](CO)O[C@H]1O. The molecule has 1 fully saturated rings. The molecule has 4 nitrogen and oxygen atoms in total. The Kier molecular flexibility index (Phi) is 3.06. The minimum absolute atomic E-state index is 0.131. The summed E-state index contributed by atoms with van der Waals surface area (Å²) >= 11 is 0. The van der Waals surface area contributed by atoms with Gasteiger partial charge in [-0.05, 0) is 0 Å². The maximum absolute atomic E-state index is 9.57. The Hall–Kier alpha value is -0.160. The van der Waals surface area contributed by atoms with Gasteiger partial charge in [0.05, 0.1) is 18.8 Å². The van der Waals surface area contributed by atoms with E-state index in [0.29, 0.717) is 0 Å². The summed E-state index contributed by atoms with van der Waals surface area (Å²) in [5, 5.41) is 27.7. The third kappa shape index (κ3) is 1.61. The Balaban J connectivity index is 2.63. The molecule has 1 rings (SSSR count). The van der Waals surface area contributed by atoms with Crippen molar-refractivity contribution in [2.24, 2.45) is 11.8 Å². The van der Waals surface area contributed by atoms with Crippen LogP contribution in [0.25, 0.3) is 0 Å². The predicted molar refractivity (Wildman–Crippen MR) is 42.3 cm³/mol. The largest absolute Gasteiger partial charge is 0.394 e. The Morgan fingerprint density at radius 3 is 2.25 bits per heavy atom. The molecule has 72 valence electrons. The van der Waals surface area contributed by atoms with E-state index < -0.39 is 18.5 Å². The lowest BCUT2D eigenvalue weighted by atomic mass is 9.86. The smallest absolute Gasteiger partial charge is 0.160 e. The minimum Gasteiger partial charge on any atom is -0.394 e. The first kappa shape index (κ1) is 9.92. The van der Waals surface area contributed by atoms with Crippen molar-refractivity contribution in [2.45, 2.75) is 32.3 Å². The van der Waals surface area contributed by atoms with Gasteiger partial charge in [-0.3, -0.25) is 0 Å². The maximum atomic E-state index is 9.57. The van der Waals surface area contributed by atoms with Crippen LogP contribution >= 0.6 is 0 Å². The van der Waals surface area contributed by atoms with Crippen LogP contribution in [0, 0.1) is 11.8 Å². The zero-order chi connectivity index (χ0) is 9.30. The molecule has 1 heterocycles. The van der Waals surface area contributed by atoms with Crippen LogP contribution in [0.4, 0.5) is 0 Å². The molecule has 1 saturated heterocycles. The lowest BCUT2D eigenvalue weighted by Gasteiger charge is -2.39. The van der Waals surface area contributed by atoms with Crippen LogP contribution in [-0.2, 0) is 4.74 Å². The summed E-state index contributed by atoms with van der Waals surface area (Å²) in [5.41, 5.74) is 0. The normalized spacial score (nSPS) is 49.2. The van der Waals surface area contributed by atoms with Crippen molar-refractivity contribution in [2.75, 3.05) is 6.61 Å². The number of hydrogen-bond donors (Lipinski definition) is 3. The van der Waals surface area contributed by atoms with Crippen molar-refractivity contribution in [3.63, 3.8) is 0 Å². The second-order valence-corrected chi connectivity index (χ2v) is 3.46. The van der Waals surface area contributed by atoms with E-state index in [0.717, 1.165) is 0 Å². The highest BCUT2D eigenvalue weighted by Crippen LogP contribution is 2.28. The maximum Gasteiger partial charge on any atom is 0.160 e. The monoisotopic (exact) mass is 176 g/mol. The molecule has 0 radical (unpaired) electrons. The highest BCUT2D eigenvalue weighted by Gasteiger charge is 2.39. The molecule has 1 aliphatic rings. The average Bonchev–Trinajstić information content (AvgIpc) is 2.08. The van der Waals surface area contributed by atoms with E-state index in [4.69, 9.17) is 9.84 Å². The van der Waals surface area contributed by atoms with Crippen LogP contribution in [-0.4, -0.2) is 40.4 Å². The van der Waals surface area contributed by atoms with Crippen LogP contribution < -0.4 is 0 Å². The van der Waals surface area contributed by atoms with Gasteiger partial charge in [-0.25, -0.2) is 0 Å². The van der Waals surface area contributed by atoms with Crippen molar-refractivity contribution in [3.8, 4) is 0 Å². The van der Waals surface area contributed by atoms with E-state index >= 15 is 0 Å². The van der Waals surface area contributed by atoms with Gasteiger partial charge in [0.25, 0.3) is 0 Å². The van der Waals surface area contributed by atoms with Gasteiger partial charge in [0.15, 0.2) is 6.29 Å². The molecule has 0 aromatic carbocycles. The fraction of sp³-hybridized carbons (Fsp3) is 1.00. The molecular weight excluding hydrogens is 160 g/mol. The molecule has 4 heteroatoms. The van der Waals surface area contributed by atoms with E-state index in [-0.39, 0.29) is 18.4 Å². The molecule has 12 heavy (non-hydrogen) atoms. The first-order valence-corrected chi connectivity index (χ1v) is 4.20. The molecule has 0 saturated carbocycles. The Morgan fingerprint density at radius 2 is 1.75 bits per heavy atom. The molecule has 0 unspecified atom stereocenters. The average molecular weight is 176 g/mol. The zero-order valence-electron chi connectivity index (χ0n) is 7.34. The summed E-state index contributed by atoms with van der Waals surface area (Å²) < 4.78 is 5.08. The first-order chi connectivity index (χ1) is 5.57. The van der Waals surface area contributed by atoms with E-state index in [1.807, 2.05) is 0 Å². The van der Waals surface area contributed by atoms with Gasteiger partial charge < -0.3 is 20.1 Å². The van der Waals surface area contributed by atoms with E-state index in [1.165, 1.54) is 0 Å². The number of aliphatic hydroxyl groups excluding tert-OH is 3. The number of rotatable bonds is 1. The second kappa shape index (κ2) is 3.70. The molecule has 0 aromatic heterocycles. The number of aliphatic hydroxyl groups is 3. The first-order valence-electron chi connectivity index (χ1n) is 4.20. The molecule has 0 bridgehead atoms. The Labute approximate surface area is 71.8 Å². The number of ether oxygens (including phenoxy) is 1. The molecule has 0 aromatic rings. The van der Waals surface area contributed by atoms with Crippen molar-refractivity contribution in [1.29, 1.82) is 0 Å². The number of hydrogen-bond acceptors (Lipinski definition) is 4. The van der Waals surface area contributed by atoms with Gasteiger partial charge in [-0.1, -0.05) is 13.8 Å². The lowest BCUT2D eigenvalue weighted by molar-refractivity contribution is -0.248. The van der Waals surface area contributed by atoms with E-state index in [2.05, 4.69) is 0 Å². The molecule has 5 atom stereocenters. The standard InChI is InChI=1S/C8H16O4/c1-4-6(3-9)12-8(11)5(2)7(4)10/h4-11H,3H2,1-2H3/t4-,5+,6+,7-,8-/m1/s1. The quantitative estimate of drug-likeness (QED) is 0.495. The van der Waals surface area contributed by atoms with Gasteiger partial charge in [-0.2, -0.15) is 0 Å². The van der Waals surface area contributed by atoms with Gasteiger partial charge in [0, 0.05) is 11.8 Å². The fourth-order valence-electron chi connectivity index (χ4n) is 1.50.